The first-order valence-corrected chi connectivity index (χ1v) is 45.1. The highest BCUT2D eigenvalue weighted by Crippen LogP contribution is 2.24. The van der Waals surface area contributed by atoms with Crippen LogP contribution in [-0.4, -0.2) is 272 Å². The van der Waals surface area contributed by atoms with Gasteiger partial charge in [-0.15, -0.1) is 0 Å². The van der Waals surface area contributed by atoms with Gasteiger partial charge in [-0.3, -0.25) is 91.7 Å². The van der Waals surface area contributed by atoms with E-state index in [1.807, 2.05) is 0 Å². The van der Waals surface area contributed by atoms with Crippen LogP contribution in [0.5, 0.6) is 5.75 Å². The number of unbranched alkanes of at least 4 members (excludes halogenated alkanes) is 1. The number of carbonyl (C=O) groups is 18. The molecule has 46 nitrogen and oxygen atoms in total. The highest BCUT2D eigenvalue weighted by Gasteiger charge is 2.41. The molecule has 1 aliphatic rings. The van der Waals surface area contributed by atoms with E-state index >= 15 is 0 Å². The van der Waals surface area contributed by atoms with Crippen LogP contribution in [0.1, 0.15) is 150 Å². The fraction of sp³-hybridized carbons (Fsp3) is 0.585. The normalized spacial score (nSPS) is 19.0. The summed E-state index contributed by atoms with van der Waals surface area (Å²) in [5, 5.41) is 79.8. The zero-order chi connectivity index (χ0) is 97.2. The number of nitrogens with zero attached hydrogens (tertiary/aromatic N) is 1. The number of nitrogens with two attached hydrogens (primary N) is 6. The summed E-state index contributed by atoms with van der Waals surface area (Å²) in [7, 11) is 1.79. The molecule has 1 aliphatic heterocycles. The number of aromatic hydroxyl groups is 1. The van der Waals surface area contributed by atoms with E-state index in [1.54, 1.807) is 58.0 Å². The number of primary amides is 3. The van der Waals surface area contributed by atoms with Crippen molar-refractivity contribution in [1.29, 1.82) is 5.41 Å². The smallest absolute Gasteiger partial charge is 0.245 e. The lowest BCUT2D eigenvalue weighted by Gasteiger charge is -2.30. The van der Waals surface area contributed by atoms with E-state index in [0.29, 0.717) is 29.7 Å². The van der Waals surface area contributed by atoms with Gasteiger partial charge in [0.1, 0.15) is 90.3 Å². The summed E-state index contributed by atoms with van der Waals surface area (Å²) >= 11 is 0. The monoisotopic (exact) mass is 1860 g/mol. The van der Waals surface area contributed by atoms with Gasteiger partial charge in [0.25, 0.3) is 0 Å². The van der Waals surface area contributed by atoms with Crippen LogP contribution < -0.4 is 119 Å². The quantitative estimate of drug-likeness (QED) is 0.0108. The minimum Gasteiger partial charge on any atom is -0.508 e. The lowest BCUT2D eigenvalue weighted by molar-refractivity contribution is -0.138. The Kier molecular flexibility index (Phi) is 47.6. The van der Waals surface area contributed by atoms with Crippen molar-refractivity contribution in [2.24, 2.45) is 52.2 Å². The molecule has 130 heavy (non-hydrogen) atoms. The topological polar surface area (TPSA) is 769 Å². The number of imidazole rings is 1. The Balaban J connectivity index is 1.57. The summed E-state index contributed by atoms with van der Waals surface area (Å²) in [6, 6.07) is -8.98. The fourth-order valence-corrected chi connectivity index (χ4v) is 15.3. The summed E-state index contributed by atoms with van der Waals surface area (Å²) in [5.41, 5.74) is 35.8. The molecule has 2 heterocycles. The number of rotatable bonds is 48. The Bertz CT molecular complexity index is 4330. The summed E-state index contributed by atoms with van der Waals surface area (Å²) < 4.78 is 0. The molecule has 0 aliphatic carbocycles. The number of hydrogen-bond donors (Lipinski definition) is 27. The molecule has 0 spiro atoms. The second kappa shape index (κ2) is 56.2. The minimum absolute atomic E-state index is 0.0508. The predicted molar refractivity (Wildman–Crippen MR) is 478 cm³/mol. The molecule has 33 N–H and O–H groups in total. The molecule has 18 amide bonds. The molecular weight excluding hydrogens is 1740 g/mol. The van der Waals surface area contributed by atoms with Crippen LogP contribution in [0, 0.1) is 23.2 Å². The van der Waals surface area contributed by atoms with Crippen LogP contribution in [0.2, 0.25) is 0 Å². The first-order valence-electron chi connectivity index (χ1n) is 42.6. The number of benzene rings is 2. The molecule has 2 aromatic carbocycles. The van der Waals surface area contributed by atoms with Crippen molar-refractivity contribution in [1.82, 2.24) is 95.0 Å². The average molecular weight is 1870 g/mol. The van der Waals surface area contributed by atoms with Gasteiger partial charge in [-0.05, 0) is 120 Å². The number of aromatic amines is 1. The number of amides is 18. The van der Waals surface area contributed by atoms with Crippen molar-refractivity contribution in [2.75, 3.05) is 31.1 Å². The molecule has 0 bridgehead atoms. The molecule has 18 unspecified atom stereocenters. The largest absolute Gasteiger partial charge is 0.508 e. The van der Waals surface area contributed by atoms with Gasteiger partial charge in [0, 0.05) is 62.0 Å². The number of H-pyrrole nitrogens is 1. The molecule has 48 heteroatoms. The Morgan fingerprint density at radius 2 is 1.08 bits per heavy atom. The van der Waals surface area contributed by atoms with Crippen molar-refractivity contribution in [3.05, 3.63) is 83.9 Å². The molecule has 1 fully saturated rings. The second-order valence-corrected chi connectivity index (χ2v) is 35.0. The number of aliphatic hydroxyl groups is 2. The van der Waals surface area contributed by atoms with E-state index in [9.17, 15) is 102 Å². The van der Waals surface area contributed by atoms with Gasteiger partial charge in [0.15, 0.2) is 5.96 Å². The Hall–Kier alpha value is -12.3. The van der Waals surface area contributed by atoms with E-state index < -0.39 is 259 Å². The van der Waals surface area contributed by atoms with Gasteiger partial charge in [0.05, 0.1) is 31.1 Å². The first-order chi connectivity index (χ1) is 61.3. The molecule has 0 saturated carbocycles. The molecule has 1 aromatic heterocycles. The molecule has 0 radical (unpaired) electrons. The van der Waals surface area contributed by atoms with Gasteiger partial charge >= 0.3 is 0 Å². The number of phenols is 1. The van der Waals surface area contributed by atoms with E-state index in [2.05, 4.69) is 95.0 Å². The maximum Gasteiger partial charge on any atom is 0.245 e. The third kappa shape index (κ3) is 39.4. The zero-order valence-electron chi connectivity index (χ0n) is 74.3. The SMILES string of the molecule is CCC(C)C(NC(=O)C(CCC(N)=O)NC(=O)C(Cc1cnc[nH]1)NC(=O)C(C)NC(=O)C(CC(C)C)NC(=O)C(CCCCN)NC(=O)C(CCC(N)=O)NC(=O)C(NC(=O)C(NC(=O)C1CSSCC(N)C(=O)NC(CCCNC(=N)N)C(=O)NC(Cc2ccccc2)C(=O)NCC(=O)NC(C(C)O)C(=O)N1)C(C)O)C(C)C)C(=O)NC(Cc1ccc(O)cc1)C(N)=O. The number of aromatic nitrogens is 2. The fourth-order valence-electron chi connectivity index (χ4n) is 13.0. The van der Waals surface area contributed by atoms with Crippen molar-refractivity contribution in [3.8, 4) is 5.75 Å². The van der Waals surface area contributed by atoms with E-state index in [1.165, 1.54) is 57.6 Å². The minimum atomic E-state index is -1.96. The lowest BCUT2D eigenvalue weighted by atomic mass is 9.96. The van der Waals surface area contributed by atoms with Crippen molar-refractivity contribution < 1.29 is 102 Å². The number of carbonyl (C=O) groups excluding carboxylic acids is 18. The number of aliphatic hydroxyl groups excluding tert-OH is 2. The standard InChI is InChI=1S/C82H129N25O21S2/c1-10-42(6)64(79(126)99-55(67(87)114)32-47-21-23-49(110)24-22-47)106-74(121)54(26-28-61(86)112)97-76(123)58(34-48-35-90-39-93-48)100-68(115)43(7)94-75(122)56(31-40(2)3)101-71(118)51(19-14-15-29-83)96-73(120)53(25-27-60(85)111)98-78(125)63(41(4)5)105-81(128)66(45(9)109)107-77(124)59-38-130-129-37-50(84)69(116)95-52(20-16-30-91-82(88)89)72(119)102-57(33-46-17-12-11-13-18-46)70(117)92-36-62(113)104-65(44(8)108)80(127)103-59/h11-13,17-18,21-24,35,39-45,50-59,63-66,108-110H,10,14-16,19-20,25-34,36-38,83-84H2,1-9H3,(H2,85,111)(H2,86,112)(H2,87,114)(H,90,93)(H,92,117)(H,94,122)(H,95,116)(H,96,120)(H,97,123)(H,98,125)(H,99,126)(H,100,115)(H,101,118)(H,102,119)(H,103,127)(H,104,113)(H,105,128)(H,106,121)(H,107,124)(H4,88,89,91). The summed E-state index contributed by atoms with van der Waals surface area (Å²) in [5.74, 6) is -20.6. The summed E-state index contributed by atoms with van der Waals surface area (Å²) in [6.45, 7) is 12.6. The van der Waals surface area contributed by atoms with E-state index in [4.69, 9.17) is 39.8 Å². The third-order valence-corrected chi connectivity index (χ3v) is 23.1. The highest BCUT2D eigenvalue weighted by molar-refractivity contribution is 8.76. The van der Waals surface area contributed by atoms with Crippen molar-refractivity contribution in [3.63, 3.8) is 0 Å². The van der Waals surface area contributed by atoms with Crippen LogP contribution in [0.15, 0.2) is 67.1 Å². The Labute approximate surface area is 760 Å². The Morgan fingerprint density at radius 3 is 1.64 bits per heavy atom. The van der Waals surface area contributed by atoms with Crippen LogP contribution in [0.3, 0.4) is 0 Å². The number of nitrogens with one attached hydrogen (secondary N) is 18. The maximum absolute atomic E-state index is 14.6. The predicted octanol–water partition coefficient (Wildman–Crippen LogP) is -7.29. The molecule has 3 aromatic rings. The van der Waals surface area contributed by atoms with Gasteiger partial charge in [-0.25, -0.2) is 4.98 Å². The second-order valence-electron chi connectivity index (χ2n) is 32.4. The number of phenolic OH excluding ortho intramolecular Hbond substituents is 1. The molecule has 18 atom stereocenters. The zero-order valence-corrected chi connectivity index (χ0v) is 75.9. The lowest BCUT2D eigenvalue weighted by Crippen LogP contribution is -2.63. The number of hydrogen-bond acceptors (Lipinski definition) is 27. The van der Waals surface area contributed by atoms with Crippen molar-refractivity contribution >= 4 is 134 Å². The van der Waals surface area contributed by atoms with Crippen LogP contribution >= 0.6 is 21.6 Å². The number of guanidine groups is 1. The summed E-state index contributed by atoms with van der Waals surface area (Å²) in [4.78, 5) is 258. The van der Waals surface area contributed by atoms with Gasteiger partial charge < -0.3 is 140 Å². The van der Waals surface area contributed by atoms with Gasteiger partial charge in [0.2, 0.25) is 106 Å². The third-order valence-electron chi connectivity index (χ3n) is 20.6. The Morgan fingerprint density at radius 1 is 0.546 bits per heavy atom. The maximum atomic E-state index is 14.6. The van der Waals surface area contributed by atoms with Crippen LogP contribution in [0.4, 0.5) is 0 Å². The molecule has 720 valence electrons. The molecule has 1 saturated heterocycles. The highest BCUT2D eigenvalue weighted by atomic mass is 33.1. The molecule has 4 rings (SSSR count). The average Bonchev–Trinajstić information content (AvgIpc) is 0.895. The van der Waals surface area contributed by atoms with Gasteiger partial charge in [-0.1, -0.05) is 112 Å². The molecular formula is C82H129N25O21S2. The van der Waals surface area contributed by atoms with Crippen LogP contribution in [0.25, 0.3) is 0 Å². The van der Waals surface area contributed by atoms with Gasteiger partial charge in [-0.2, -0.15) is 0 Å². The van der Waals surface area contributed by atoms with E-state index in [-0.39, 0.29) is 87.8 Å². The van der Waals surface area contributed by atoms with Crippen molar-refractivity contribution in [2.45, 2.75) is 255 Å². The summed E-state index contributed by atoms with van der Waals surface area (Å²) in [6.07, 6.45) is -2.61. The van der Waals surface area contributed by atoms with E-state index in [0.717, 1.165) is 35.4 Å². The first kappa shape index (κ1) is 110. The van der Waals surface area contributed by atoms with Crippen LogP contribution in [-0.2, 0) is 106 Å².